The molecule has 1 saturated carbocycles. The van der Waals surface area contributed by atoms with Crippen molar-refractivity contribution in [1.82, 2.24) is 0 Å². The third-order valence-electron chi connectivity index (χ3n) is 3.00. The molecule has 1 aliphatic rings. The van der Waals surface area contributed by atoms with E-state index in [1.807, 2.05) is 13.8 Å². The Labute approximate surface area is 121 Å². The van der Waals surface area contributed by atoms with Crippen molar-refractivity contribution in [3.63, 3.8) is 0 Å². The topological polar surface area (TPSA) is 9.23 Å². The molecule has 0 saturated heterocycles. The van der Waals surface area contributed by atoms with Gasteiger partial charge in [-0.2, -0.15) is 0 Å². The Morgan fingerprint density at radius 1 is 1.17 bits per heavy atom. The summed E-state index contributed by atoms with van der Waals surface area (Å²) < 4.78 is 64.2. The summed E-state index contributed by atoms with van der Waals surface area (Å²) in [6, 6.07) is 6.54. The quantitative estimate of drug-likeness (QED) is 0.704. The van der Waals surface area contributed by atoms with Gasteiger partial charge in [-0.3, -0.25) is 0 Å². The number of ether oxygens (including phenoxy) is 1. The van der Waals surface area contributed by atoms with E-state index < -0.39 is 37.4 Å². The van der Waals surface area contributed by atoms with Gasteiger partial charge in [-0.1, -0.05) is 31.9 Å². The van der Waals surface area contributed by atoms with Gasteiger partial charge in [-0.25, -0.2) is 0 Å². The average molecular weight is 253 g/mol. The second kappa shape index (κ2) is 6.82. The van der Waals surface area contributed by atoms with E-state index in [2.05, 4.69) is 0 Å². The molecule has 1 aliphatic carbocycles. The predicted molar refractivity (Wildman–Crippen MR) is 77.2 cm³/mol. The molecule has 0 radical (unpaired) electrons. The first-order valence-electron chi connectivity index (χ1n) is 10.2. The van der Waals surface area contributed by atoms with Crippen LogP contribution < -0.4 is 4.74 Å². The molecular weight excluding hydrogens is 220 g/mol. The Bertz CT molecular complexity index is 585. The summed E-state index contributed by atoms with van der Waals surface area (Å²) in [6.45, 7) is 4.16. The first-order chi connectivity index (χ1) is 11.5. The van der Waals surface area contributed by atoms with Gasteiger partial charge in [-0.05, 0) is 62.0 Å². The van der Waals surface area contributed by atoms with Crippen LogP contribution in [0.15, 0.2) is 24.3 Å². The number of rotatable bonds is 5. The highest BCUT2D eigenvalue weighted by Gasteiger charge is 2.21. The second-order valence-electron chi connectivity index (χ2n) is 4.44. The van der Waals surface area contributed by atoms with Gasteiger partial charge in [0.2, 0.25) is 0 Å². The van der Waals surface area contributed by atoms with Crippen molar-refractivity contribution in [2.45, 2.75) is 58.1 Å². The highest BCUT2D eigenvalue weighted by atomic mass is 16.5. The van der Waals surface area contributed by atoms with E-state index in [9.17, 15) is 0 Å². The summed E-state index contributed by atoms with van der Waals surface area (Å²) in [5.41, 5.74) is 0.427. The molecule has 2 rings (SSSR count). The molecule has 1 aromatic rings. The Hall–Kier alpha value is -0.980. The Balaban J connectivity index is 2.50. The highest BCUT2D eigenvalue weighted by molar-refractivity contribution is 5.29. The fraction of sp³-hybridized carbons (Fsp3) is 0.647. The van der Waals surface area contributed by atoms with Gasteiger partial charge in [0.1, 0.15) is 5.75 Å². The van der Waals surface area contributed by atoms with Crippen LogP contribution in [-0.4, -0.2) is 6.61 Å². The SMILES string of the molecule is [2H][C@H]1C(c2ccc(OCC)cc2)C([2H])([2H])C([2H])([2H])[C@H](CCC)C1([2H])[2H]. The molecule has 18 heavy (non-hydrogen) atoms. The lowest BCUT2D eigenvalue weighted by molar-refractivity contribution is 0.308. The molecule has 1 heteroatoms. The van der Waals surface area contributed by atoms with Crippen molar-refractivity contribution < 1.29 is 14.3 Å². The Morgan fingerprint density at radius 2 is 1.94 bits per heavy atom. The molecule has 0 spiro atoms. The van der Waals surface area contributed by atoms with Gasteiger partial charge in [0.15, 0.2) is 0 Å². The normalized spacial score (nSPS) is 42.1. The number of hydrogen-bond donors (Lipinski definition) is 0. The van der Waals surface area contributed by atoms with Crippen molar-refractivity contribution in [1.29, 1.82) is 0 Å². The van der Waals surface area contributed by atoms with Gasteiger partial charge < -0.3 is 4.74 Å². The molecule has 0 heterocycles. The molecule has 100 valence electrons. The average Bonchev–Trinajstić information content (AvgIpc) is 2.53. The molecule has 1 unspecified atom stereocenters. The lowest BCUT2D eigenvalue weighted by Gasteiger charge is -2.28. The molecule has 0 amide bonds. The molecule has 1 fully saturated rings. The summed E-state index contributed by atoms with van der Waals surface area (Å²) in [7, 11) is 0. The third-order valence-corrected chi connectivity index (χ3v) is 3.00. The van der Waals surface area contributed by atoms with Crippen LogP contribution >= 0.6 is 0 Å². The van der Waals surface area contributed by atoms with E-state index in [0.29, 0.717) is 24.3 Å². The van der Waals surface area contributed by atoms with Crippen LogP contribution in [0.25, 0.3) is 0 Å². The molecule has 0 aromatic heterocycles. The van der Waals surface area contributed by atoms with Crippen LogP contribution in [0.3, 0.4) is 0 Å². The fourth-order valence-corrected chi connectivity index (χ4v) is 2.05. The number of benzene rings is 1. The van der Waals surface area contributed by atoms with Crippen LogP contribution in [0.4, 0.5) is 0 Å². The second-order valence-corrected chi connectivity index (χ2v) is 4.44. The molecule has 1 nitrogen and oxygen atoms in total. The Morgan fingerprint density at radius 3 is 2.61 bits per heavy atom. The molecule has 3 atom stereocenters. The van der Waals surface area contributed by atoms with Gasteiger partial charge in [0.05, 0.1) is 6.61 Å². The monoisotopic (exact) mass is 253 g/mol. The summed E-state index contributed by atoms with van der Waals surface area (Å²) in [4.78, 5) is 0. The smallest absolute Gasteiger partial charge is 0.119 e. The standard InChI is InChI=1S/C17H26O/c1-3-5-14-6-8-15(9-7-14)16-10-12-17(13-11-16)18-4-2/h10-15H,3-9H2,1-2H3/t14-,15?/i6D2,7D2,8D,9D2/t8-,14-,15?/m1/s1. The van der Waals surface area contributed by atoms with Gasteiger partial charge in [-0.15, -0.1) is 0 Å². The van der Waals surface area contributed by atoms with E-state index in [0.717, 1.165) is 0 Å². The third kappa shape index (κ3) is 3.51. The lowest BCUT2D eigenvalue weighted by atomic mass is 9.77. The summed E-state index contributed by atoms with van der Waals surface area (Å²) in [6.07, 6.45) is -7.47. The van der Waals surface area contributed by atoms with Gasteiger partial charge in [0.25, 0.3) is 0 Å². The van der Waals surface area contributed by atoms with E-state index in [4.69, 9.17) is 14.3 Å². The maximum atomic E-state index is 8.45. The first-order valence-corrected chi connectivity index (χ1v) is 6.66. The fourth-order valence-electron chi connectivity index (χ4n) is 2.05. The van der Waals surface area contributed by atoms with Crippen molar-refractivity contribution in [2.24, 2.45) is 5.92 Å². The Kier molecular flexibility index (Phi) is 2.64. The minimum Gasteiger partial charge on any atom is -0.494 e. The van der Waals surface area contributed by atoms with Crippen LogP contribution in [0, 0.1) is 5.92 Å². The summed E-state index contributed by atoms with van der Waals surface area (Å²) >= 11 is 0. The zero-order valence-electron chi connectivity index (χ0n) is 18.1. The highest BCUT2D eigenvalue weighted by Crippen LogP contribution is 2.37. The van der Waals surface area contributed by atoms with Crippen LogP contribution in [0.2, 0.25) is 0 Å². The van der Waals surface area contributed by atoms with Crippen molar-refractivity contribution >= 4 is 0 Å². The van der Waals surface area contributed by atoms with Crippen LogP contribution in [0.1, 0.15) is 73.3 Å². The first kappa shape index (κ1) is 6.98. The van der Waals surface area contributed by atoms with E-state index in [-0.39, 0.29) is 6.42 Å². The van der Waals surface area contributed by atoms with E-state index >= 15 is 0 Å². The maximum Gasteiger partial charge on any atom is 0.119 e. The van der Waals surface area contributed by atoms with E-state index in [1.165, 1.54) is 0 Å². The maximum absolute atomic E-state index is 8.45. The van der Waals surface area contributed by atoms with Crippen molar-refractivity contribution in [2.75, 3.05) is 6.61 Å². The zero-order chi connectivity index (χ0) is 19.0. The minimum absolute atomic E-state index is 0.213. The van der Waals surface area contributed by atoms with Gasteiger partial charge in [0, 0.05) is 9.60 Å². The summed E-state index contributed by atoms with van der Waals surface area (Å²) in [5, 5.41) is 0. The molecule has 1 aromatic carbocycles. The number of hydrogen-bond acceptors (Lipinski definition) is 1. The largest absolute Gasteiger partial charge is 0.494 e. The summed E-state index contributed by atoms with van der Waals surface area (Å²) in [5.74, 6) is -1.73. The molecule has 0 N–H and O–H groups in total. The van der Waals surface area contributed by atoms with Crippen LogP contribution in [0.5, 0.6) is 5.75 Å². The minimum atomic E-state index is -2.37. The lowest BCUT2D eigenvalue weighted by Crippen LogP contribution is -2.13. The molecule has 0 aliphatic heterocycles. The van der Waals surface area contributed by atoms with Crippen LogP contribution in [-0.2, 0) is 0 Å². The van der Waals surface area contributed by atoms with Crippen molar-refractivity contribution in [3.8, 4) is 5.75 Å². The molecular formula is C17H26O. The van der Waals surface area contributed by atoms with Crippen molar-refractivity contribution in [3.05, 3.63) is 29.8 Å². The zero-order valence-corrected chi connectivity index (χ0v) is 11.1. The van der Waals surface area contributed by atoms with E-state index in [1.54, 1.807) is 24.3 Å². The van der Waals surface area contributed by atoms with Gasteiger partial charge >= 0.3 is 0 Å². The molecule has 0 bridgehead atoms. The predicted octanol–water partition coefficient (Wildman–Crippen LogP) is 5.16.